The van der Waals surface area contributed by atoms with Gasteiger partial charge in [0.05, 0.1) is 18.1 Å². The lowest BCUT2D eigenvalue weighted by atomic mass is 9.94. The van der Waals surface area contributed by atoms with Crippen LogP contribution in [0.3, 0.4) is 0 Å². The van der Waals surface area contributed by atoms with Gasteiger partial charge in [-0.25, -0.2) is 19.3 Å². The Bertz CT molecular complexity index is 920. The summed E-state index contributed by atoms with van der Waals surface area (Å²) in [5.41, 5.74) is 4.67. The number of halogens is 1. The zero-order valence-electron chi connectivity index (χ0n) is 15.5. The van der Waals surface area contributed by atoms with E-state index in [9.17, 15) is 4.39 Å². The molecule has 3 heterocycles. The van der Waals surface area contributed by atoms with E-state index in [0.717, 1.165) is 42.0 Å². The number of aromatic amines is 1. The van der Waals surface area contributed by atoms with Crippen molar-refractivity contribution in [1.82, 2.24) is 24.8 Å². The first-order valence-electron chi connectivity index (χ1n) is 9.22. The van der Waals surface area contributed by atoms with Crippen LogP contribution in [0.25, 0.3) is 0 Å². The Labute approximate surface area is 157 Å². The van der Waals surface area contributed by atoms with Gasteiger partial charge in [0, 0.05) is 55.3 Å². The highest BCUT2D eigenvalue weighted by molar-refractivity contribution is 5.36. The molecule has 0 saturated heterocycles. The van der Waals surface area contributed by atoms with E-state index >= 15 is 0 Å². The molecule has 0 radical (unpaired) electrons. The summed E-state index contributed by atoms with van der Waals surface area (Å²) >= 11 is 0. The van der Waals surface area contributed by atoms with Gasteiger partial charge in [-0.3, -0.25) is 4.90 Å². The van der Waals surface area contributed by atoms with E-state index in [2.05, 4.69) is 30.2 Å². The summed E-state index contributed by atoms with van der Waals surface area (Å²) < 4.78 is 14.7. The summed E-state index contributed by atoms with van der Waals surface area (Å²) in [5.74, 6) is 0.418. The number of nitrogens with one attached hydrogen (secondary N) is 2. The molecule has 3 aromatic rings. The monoisotopic (exact) mass is 366 g/mol. The number of nitrogens with zero attached hydrogens (tertiary/aromatic N) is 4. The first-order valence-corrected chi connectivity index (χ1v) is 9.22. The lowest BCUT2D eigenvalue weighted by molar-refractivity contribution is 0.196. The second-order valence-electron chi connectivity index (χ2n) is 6.86. The van der Waals surface area contributed by atoms with E-state index in [1.54, 1.807) is 12.4 Å². The van der Waals surface area contributed by atoms with E-state index in [-0.39, 0.29) is 11.9 Å². The lowest BCUT2D eigenvalue weighted by Gasteiger charge is -2.35. The third-order valence-electron chi connectivity index (χ3n) is 4.90. The SMILES string of the molecule is CCNc1ncc(CN2CCc3[nH]cnc3[C@@H]2c2cc(C)ccc2F)cn1. The Hall–Kier alpha value is -2.80. The van der Waals surface area contributed by atoms with E-state index in [1.807, 2.05) is 32.3 Å². The van der Waals surface area contributed by atoms with Crippen molar-refractivity contribution in [2.24, 2.45) is 0 Å². The average Bonchev–Trinajstić information content (AvgIpc) is 3.14. The number of hydrogen-bond donors (Lipinski definition) is 2. The van der Waals surface area contributed by atoms with Crippen molar-refractivity contribution >= 4 is 5.95 Å². The predicted molar refractivity (Wildman–Crippen MR) is 102 cm³/mol. The first-order chi connectivity index (χ1) is 13.2. The molecule has 0 aliphatic carbocycles. The molecular formula is C20H23FN6. The quantitative estimate of drug-likeness (QED) is 0.726. The zero-order valence-corrected chi connectivity index (χ0v) is 15.5. The number of aromatic nitrogens is 4. The van der Waals surface area contributed by atoms with Crippen molar-refractivity contribution in [3.8, 4) is 0 Å². The molecule has 7 heteroatoms. The minimum absolute atomic E-state index is 0.204. The van der Waals surface area contributed by atoms with Crippen LogP contribution < -0.4 is 5.32 Å². The van der Waals surface area contributed by atoms with Gasteiger partial charge in [-0.05, 0) is 19.9 Å². The molecule has 4 rings (SSSR count). The van der Waals surface area contributed by atoms with Crippen LogP contribution in [0.2, 0.25) is 0 Å². The van der Waals surface area contributed by atoms with Gasteiger partial charge in [0.2, 0.25) is 5.95 Å². The van der Waals surface area contributed by atoms with Crippen LogP contribution in [0.15, 0.2) is 36.9 Å². The number of imidazole rings is 1. The maximum Gasteiger partial charge on any atom is 0.222 e. The summed E-state index contributed by atoms with van der Waals surface area (Å²) in [6.07, 6.45) is 6.21. The summed E-state index contributed by atoms with van der Waals surface area (Å²) in [6.45, 7) is 6.21. The smallest absolute Gasteiger partial charge is 0.222 e. The number of benzene rings is 1. The summed E-state index contributed by atoms with van der Waals surface area (Å²) in [7, 11) is 0. The zero-order chi connectivity index (χ0) is 18.8. The Morgan fingerprint density at radius 1 is 1.26 bits per heavy atom. The summed E-state index contributed by atoms with van der Waals surface area (Å²) in [4.78, 5) is 18.7. The number of aryl methyl sites for hydroxylation is 1. The molecule has 0 fully saturated rings. The lowest BCUT2D eigenvalue weighted by Crippen LogP contribution is -2.36. The highest BCUT2D eigenvalue weighted by Crippen LogP contribution is 2.35. The van der Waals surface area contributed by atoms with Crippen molar-refractivity contribution in [3.05, 3.63) is 70.8 Å². The van der Waals surface area contributed by atoms with Crippen molar-refractivity contribution < 1.29 is 4.39 Å². The molecule has 0 bridgehead atoms. The molecule has 1 aliphatic rings. The Morgan fingerprint density at radius 3 is 2.85 bits per heavy atom. The van der Waals surface area contributed by atoms with Crippen LogP contribution in [0.4, 0.5) is 10.3 Å². The molecule has 1 aliphatic heterocycles. The average molecular weight is 366 g/mol. The summed E-state index contributed by atoms with van der Waals surface area (Å²) in [5, 5.41) is 3.10. The fourth-order valence-electron chi connectivity index (χ4n) is 3.63. The molecule has 0 amide bonds. The molecule has 2 N–H and O–H groups in total. The molecule has 6 nitrogen and oxygen atoms in total. The number of hydrogen-bond acceptors (Lipinski definition) is 5. The molecule has 0 spiro atoms. The van der Waals surface area contributed by atoms with Crippen molar-refractivity contribution in [3.63, 3.8) is 0 Å². The predicted octanol–water partition coefficient (Wildman–Crippen LogP) is 3.23. The minimum atomic E-state index is -0.228. The van der Waals surface area contributed by atoms with Crippen LogP contribution in [0.1, 0.15) is 41.0 Å². The molecule has 140 valence electrons. The molecule has 0 saturated carbocycles. The third-order valence-corrected chi connectivity index (χ3v) is 4.90. The maximum absolute atomic E-state index is 14.7. The van der Waals surface area contributed by atoms with Gasteiger partial charge in [0.15, 0.2) is 0 Å². The fourth-order valence-corrected chi connectivity index (χ4v) is 3.63. The van der Waals surface area contributed by atoms with E-state index in [4.69, 9.17) is 0 Å². The van der Waals surface area contributed by atoms with Crippen LogP contribution in [-0.4, -0.2) is 37.9 Å². The fraction of sp³-hybridized carbons (Fsp3) is 0.350. The van der Waals surface area contributed by atoms with Crippen LogP contribution in [0.5, 0.6) is 0 Å². The standard InChI is InChI=1S/C20H23FN6/c1-3-22-20-23-9-14(10-24-20)11-27-7-6-17-18(26-12-25-17)19(27)15-8-13(2)4-5-16(15)21/h4-5,8-10,12,19H,3,6-7,11H2,1-2H3,(H,25,26)(H,22,23,24)/t19-/m0/s1. The van der Waals surface area contributed by atoms with Gasteiger partial charge in [-0.1, -0.05) is 17.7 Å². The number of H-pyrrole nitrogens is 1. The highest BCUT2D eigenvalue weighted by atomic mass is 19.1. The van der Waals surface area contributed by atoms with Gasteiger partial charge in [0.1, 0.15) is 5.82 Å². The molecule has 2 aromatic heterocycles. The van der Waals surface area contributed by atoms with E-state index in [1.165, 1.54) is 6.07 Å². The molecule has 1 aromatic carbocycles. The second kappa shape index (κ2) is 7.44. The normalized spacial score (nSPS) is 16.9. The topological polar surface area (TPSA) is 69.7 Å². The molecule has 27 heavy (non-hydrogen) atoms. The van der Waals surface area contributed by atoms with Gasteiger partial charge >= 0.3 is 0 Å². The van der Waals surface area contributed by atoms with Gasteiger partial charge in [-0.15, -0.1) is 0 Å². The molecular weight excluding hydrogens is 343 g/mol. The van der Waals surface area contributed by atoms with Crippen molar-refractivity contribution in [2.75, 3.05) is 18.4 Å². The summed E-state index contributed by atoms with van der Waals surface area (Å²) in [6, 6.07) is 5.03. The maximum atomic E-state index is 14.7. The highest BCUT2D eigenvalue weighted by Gasteiger charge is 2.32. The second-order valence-corrected chi connectivity index (χ2v) is 6.86. The number of anilines is 1. The van der Waals surface area contributed by atoms with Crippen molar-refractivity contribution in [2.45, 2.75) is 32.9 Å². The first kappa shape index (κ1) is 17.6. The number of rotatable bonds is 5. The van der Waals surface area contributed by atoms with Gasteiger partial charge in [-0.2, -0.15) is 0 Å². The molecule has 1 atom stereocenters. The van der Waals surface area contributed by atoms with Gasteiger partial charge in [0.25, 0.3) is 0 Å². The van der Waals surface area contributed by atoms with Crippen LogP contribution in [-0.2, 0) is 13.0 Å². The Balaban J connectivity index is 1.67. The van der Waals surface area contributed by atoms with E-state index < -0.39 is 0 Å². The van der Waals surface area contributed by atoms with Gasteiger partial charge < -0.3 is 10.3 Å². The Kier molecular flexibility index (Phi) is 4.85. The van der Waals surface area contributed by atoms with Crippen LogP contribution >= 0.6 is 0 Å². The van der Waals surface area contributed by atoms with Crippen LogP contribution in [0, 0.1) is 12.7 Å². The third kappa shape index (κ3) is 3.55. The van der Waals surface area contributed by atoms with E-state index in [0.29, 0.717) is 18.1 Å². The Morgan fingerprint density at radius 2 is 2.07 bits per heavy atom. The number of fused-ring (bicyclic) bond motifs is 1. The molecule has 0 unspecified atom stereocenters. The minimum Gasteiger partial charge on any atom is -0.355 e. The van der Waals surface area contributed by atoms with Crippen molar-refractivity contribution in [1.29, 1.82) is 0 Å². The largest absolute Gasteiger partial charge is 0.355 e.